The van der Waals surface area contributed by atoms with E-state index in [1.54, 1.807) is 23.1 Å². The maximum absolute atomic E-state index is 13.9. The number of carbonyl (C=O) groups excluding carboxylic acids is 2. The molecule has 0 aromatic heterocycles. The fraction of sp³-hybridized carbons (Fsp3) is 0.529. The second-order valence-electron chi connectivity index (χ2n) is 5.95. The molecule has 0 atom stereocenters. The van der Waals surface area contributed by atoms with Crippen molar-refractivity contribution in [1.82, 2.24) is 10.2 Å². The number of nitrogens with two attached hydrogens (primary N) is 1. The van der Waals surface area contributed by atoms with Gasteiger partial charge >= 0.3 is 6.03 Å². The monoisotopic (exact) mass is 321 g/mol. The molecule has 3 N–H and O–H groups in total. The number of hydrogen-bond acceptors (Lipinski definition) is 2. The second-order valence-corrected chi connectivity index (χ2v) is 5.95. The Kier molecular flexibility index (Phi) is 6.38. The van der Waals surface area contributed by atoms with Gasteiger partial charge in [0.05, 0.1) is 0 Å². The zero-order valence-electron chi connectivity index (χ0n) is 13.3. The predicted molar refractivity (Wildman–Crippen MR) is 86.0 cm³/mol. The highest BCUT2D eigenvalue weighted by Crippen LogP contribution is 2.25. The Morgan fingerprint density at radius 3 is 2.57 bits per heavy atom. The summed E-state index contributed by atoms with van der Waals surface area (Å²) in [6.07, 6.45) is 5.43. The number of nitrogens with zero attached hydrogens (tertiary/aromatic N) is 1. The minimum absolute atomic E-state index is 0.0751. The van der Waals surface area contributed by atoms with Crippen molar-refractivity contribution in [3.63, 3.8) is 0 Å². The lowest BCUT2D eigenvalue weighted by molar-refractivity contribution is -0.134. The molecule has 1 saturated carbocycles. The number of nitrogens with one attached hydrogen (secondary N) is 1. The van der Waals surface area contributed by atoms with Gasteiger partial charge in [-0.3, -0.25) is 4.79 Å². The van der Waals surface area contributed by atoms with Gasteiger partial charge in [0.2, 0.25) is 5.91 Å². The molecule has 3 amide bonds. The second kappa shape index (κ2) is 8.50. The molecule has 0 aliphatic heterocycles. The molecule has 1 aromatic rings. The Hall–Kier alpha value is -2.11. The van der Waals surface area contributed by atoms with Crippen molar-refractivity contribution in [3.8, 4) is 0 Å². The maximum atomic E-state index is 13.9. The summed E-state index contributed by atoms with van der Waals surface area (Å²) in [6.45, 7) is 0.474. The largest absolute Gasteiger partial charge is 0.352 e. The Morgan fingerprint density at radius 2 is 1.91 bits per heavy atom. The average molecular weight is 321 g/mol. The van der Waals surface area contributed by atoms with Crippen LogP contribution in [0.15, 0.2) is 24.3 Å². The SMILES string of the molecule is NC(=O)NCCC(=O)N(Cc1ccccc1F)C1CCCCC1. The van der Waals surface area contributed by atoms with E-state index >= 15 is 0 Å². The zero-order chi connectivity index (χ0) is 16.7. The standard InChI is InChI=1S/C17H24FN3O2/c18-15-9-5-4-6-13(15)12-21(14-7-2-1-3-8-14)16(22)10-11-20-17(19)23/h4-6,9,14H,1-3,7-8,10-12H2,(H3,19,20,23). The molecule has 1 fully saturated rings. The summed E-state index contributed by atoms with van der Waals surface area (Å²) in [5, 5.41) is 2.43. The molecule has 126 valence electrons. The maximum Gasteiger partial charge on any atom is 0.312 e. The van der Waals surface area contributed by atoms with Crippen LogP contribution in [0.4, 0.5) is 9.18 Å². The molecule has 1 aliphatic rings. The van der Waals surface area contributed by atoms with Crippen molar-refractivity contribution >= 4 is 11.9 Å². The molecule has 0 unspecified atom stereocenters. The van der Waals surface area contributed by atoms with Crippen LogP contribution in [0.25, 0.3) is 0 Å². The van der Waals surface area contributed by atoms with Crippen LogP contribution in [0, 0.1) is 5.82 Å². The van der Waals surface area contributed by atoms with Gasteiger partial charge < -0.3 is 16.0 Å². The molecule has 0 bridgehead atoms. The summed E-state index contributed by atoms with van der Waals surface area (Å²) >= 11 is 0. The smallest absolute Gasteiger partial charge is 0.312 e. The van der Waals surface area contributed by atoms with Gasteiger partial charge in [0.15, 0.2) is 0 Å². The first-order valence-electron chi connectivity index (χ1n) is 8.14. The lowest BCUT2D eigenvalue weighted by Crippen LogP contribution is -2.42. The van der Waals surface area contributed by atoms with Gasteiger partial charge in [-0.25, -0.2) is 9.18 Å². The molecule has 6 heteroatoms. The number of amides is 3. The van der Waals surface area contributed by atoms with Crippen LogP contribution in [-0.4, -0.2) is 29.4 Å². The third-order valence-electron chi connectivity index (χ3n) is 4.27. The van der Waals surface area contributed by atoms with Crippen LogP contribution in [0.2, 0.25) is 0 Å². The number of halogens is 1. The highest BCUT2D eigenvalue weighted by Gasteiger charge is 2.26. The minimum atomic E-state index is -0.642. The summed E-state index contributed by atoms with van der Waals surface area (Å²) in [4.78, 5) is 25.0. The van der Waals surface area contributed by atoms with Gasteiger partial charge in [-0.2, -0.15) is 0 Å². The van der Waals surface area contributed by atoms with Crippen LogP contribution in [0.5, 0.6) is 0 Å². The lowest BCUT2D eigenvalue weighted by atomic mass is 9.93. The molecular weight excluding hydrogens is 297 g/mol. The van der Waals surface area contributed by atoms with Gasteiger partial charge in [-0.1, -0.05) is 37.5 Å². The Morgan fingerprint density at radius 1 is 1.22 bits per heavy atom. The van der Waals surface area contributed by atoms with Crippen LogP contribution in [0.1, 0.15) is 44.1 Å². The highest BCUT2D eigenvalue weighted by molar-refractivity contribution is 5.78. The highest BCUT2D eigenvalue weighted by atomic mass is 19.1. The number of rotatable bonds is 6. The molecule has 0 heterocycles. The minimum Gasteiger partial charge on any atom is -0.352 e. The van der Waals surface area contributed by atoms with Crippen molar-refractivity contribution in [2.75, 3.05) is 6.54 Å². The Bertz CT molecular complexity index is 544. The number of urea groups is 1. The van der Waals surface area contributed by atoms with Gasteiger partial charge in [-0.15, -0.1) is 0 Å². The van der Waals surface area contributed by atoms with E-state index in [9.17, 15) is 14.0 Å². The molecule has 1 aromatic carbocycles. The van der Waals surface area contributed by atoms with Gasteiger partial charge in [-0.05, 0) is 18.9 Å². The van der Waals surface area contributed by atoms with E-state index in [1.807, 2.05) is 0 Å². The van der Waals surface area contributed by atoms with E-state index in [0.717, 1.165) is 25.7 Å². The molecule has 0 radical (unpaired) electrons. The van der Waals surface area contributed by atoms with Crippen molar-refractivity contribution in [2.24, 2.45) is 5.73 Å². The number of primary amides is 1. The predicted octanol–water partition coefficient (Wildman–Crippen LogP) is 2.55. The van der Waals surface area contributed by atoms with Crippen LogP contribution in [0.3, 0.4) is 0 Å². The summed E-state index contributed by atoms with van der Waals surface area (Å²) in [7, 11) is 0. The van der Waals surface area contributed by atoms with Crippen LogP contribution < -0.4 is 11.1 Å². The van der Waals surface area contributed by atoms with Crippen molar-refractivity contribution in [3.05, 3.63) is 35.6 Å². The summed E-state index contributed by atoms with van der Waals surface area (Å²) in [5.74, 6) is -0.370. The van der Waals surface area contributed by atoms with E-state index in [1.165, 1.54) is 12.5 Å². The fourth-order valence-electron chi connectivity index (χ4n) is 3.06. The Balaban J connectivity index is 2.06. The summed E-state index contributed by atoms with van der Waals surface area (Å²) < 4.78 is 13.9. The van der Waals surface area contributed by atoms with Crippen molar-refractivity contribution in [1.29, 1.82) is 0 Å². The quantitative estimate of drug-likeness (QED) is 0.845. The van der Waals surface area contributed by atoms with Crippen molar-refractivity contribution in [2.45, 2.75) is 51.1 Å². The summed E-state index contributed by atoms with van der Waals surface area (Å²) in [6, 6.07) is 6.03. The Labute approximate surface area is 136 Å². The lowest BCUT2D eigenvalue weighted by Gasteiger charge is -2.34. The first-order chi connectivity index (χ1) is 11.1. The number of hydrogen-bond donors (Lipinski definition) is 2. The van der Waals surface area contributed by atoms with E-state index in [0.29, 0.717) is 5.56 Å². The first-order valence-corrected chi connectivity index (χ1v) is 8.14. The molecule has 0 spiro atoms. The summed E-state index contributed by atoms with van der Waals surface area (Å²) in [5.41, 5.74) is 5.54. The third-order valence-corrected chi connectivity index (χ3v) is 4.27. The molecule has 2 rings (SSSR count). The average Bonchev–Trinajstić information content (AvgIpc) is 2.54. The third kappa shape index (κ3) is 5.23. The molecular formula is C17H24FN3O2. The van der Waals surface area contributed by atoms with Crippen LogP contribution >= 0.6 is 0 Å². The van der Waals surface area contributed by atoms with E-state index in [-0.39, 0.29) is 37.3 Å². The van der Waals surface area contributed by atoms with Gasteiger partial charge in [0.25, 0.3) is 0 Å². The van der Waals surface area contributed by atoms with E-state index < -0.39 is 6.03 Å². The fourth-order valence-corrected chi connectivity index (χ4v) is 3.06. The van der Waals surface area contributed by atoms with Crippen LogP contribution in [-0.2, 0) is 11.3 Å². The normalized spacial score (nSPS) is 15.2. The van der Waals surface area contributed by atoms with Gasteiger partial charge in [0.1, 0.15) is 5.82 Å². The first kappa shape index (κ1) is 17.2. The van der Waals surface area contributed by atoms with Crippen molar-refractivity contribution < 1.29 is 14.0 Å². The van der Waals surface area contributed by atoms with E-state index in [4.69, 9.17) is 5.73 Å². The zero-order valence-corrected chi connectivity index (χ0v) is 13.3. The van der Waals surface area contributed by atoms with Gasteiger partial charge in [0, 0.05) is 31.1 Å². The number of benzene rings is 1. The molecule has 5 nitrogen and oxygen atoms in total. The van der Waals surface area contributed by atoms with E-state index in [2.05, 4.69) is 5.32 Å². The molecule has 1 aliphatic carbocycles. The molecule has 0 saturated heterocycles. The number of carbonyl (C=O) groups is 2. The molecule has 23 heavy (non-hydrogen) atoms. The topological polar surface area (TPSA) is 75.4 Å².